The quantitative estimate of drug-likeness (QED) is 0.743. The van der Waals surface area contributed by atoms with Crippen molar-refractivity contribution >= 4 is 11.9 Å². The number of rotatable bonds is 5. The van der Waals surface area contributed by atoms with E-state index in [0.717, 1.165) is 11.3 Å². The molecule has 0 radical (unpaired) electrons. The summed E-state index contributed by atoms with van der Waals surface area (Å²) in [7, 11) is 0. The Bertz CT molecular complexity index is 358. The fraction of sp³-hybridized carbons (Fsp3) is 0.250. The monoisotopic (exact) mass is 205 g/mol. The van der Waals surface area contributed by atoms with E-state index in [2.05, 4.69) is 0 Å². The van der Waals surface area contributed by atoms with E-state index in [9.17, 15) is 4.79 Å². The summed E-state index contributed by atoms with van der Waals surface area (Å²) in [6.07, 6.45) is 3.29. The minimum absolute atomic E-state index is 0.0308. The van der Waals surface area contributed by atoms with Gasteiger partial charge in [0.1, 0.15) is 12.4 Å². The number of carbonyl (C=O) groups is 1. The molecule has 0 amide bonds. The van der Waals surface area contributed by atoms with Crippen molar-refractivity contribution in [3.8, 4) is 5.75 Å². The van der Waals surface area contributed by atoms with E-state index in [0.29, 0.717) is 13.2 Å². The van der Waals surface area contributed by atoms with E-state index in [4.69, 9.17) is 10.5 Å². The van der Waals surface area contributed by atoms with Crippen molar-refractivity contribution < 1.29 is 9.53 Å². The third kappa shape index (κ3) is 4.42. The lowest BCUT2D eigenvalue weighted by Gasteiger charge is -2.04. The van der Waals surface area contributed by atoms with Gasteiger partial charge >= 0.3 is 0 Å². The first-order valence-electron chi connectivity index (χ1n) is 4.84. The van der Waals surface area contributed by atoms with Crippen molar-refractivity contribution in [1.29, 1.82) is 0 Å². The summed E-state index contributed by atoms with van der Waals surface area (Å²) in [5, 5.41) is 0. The van der Waals surface area contributed by atoms with E-state index in [1.54, 1.807) is 6.08 Å². The molecule has 0 aromatic heterocycles. The highest BCUT2D eigenvalue weighted by molar-refractivity contribution is 5.91. The van der Waals surface area contributed by atoms with Crippen molar-refractivity contribution in [2.45, 2.75) is 6.92 Å². The van der Waals surface area contributed by atoms with Gasteiger partial charge < -0.3 is 10.5 Å². The maximum absolute atomic E-state index is 10.7. The number of ketones is 1. The number of nitrogens with two attached hydrogens (primary N) is 1. The molecule has 2 N–H and O–H groups in total. The van der Waals surface area contributed by atoms with Gasteiger partial charge in [0.15, 0.2) is 5.78 Å². The standard InChI is InChI=1S/C12H15NO2/c1-10(14)5-6-11-3-2-4-12(9-11)15-8-7-13/h2-6,9H,7-8,13H2,1H3/b6-5+. The Morgan fingerprint density at radius 3 is 3.00 bits per heavy atom. The summed E-state index contributed by atoms with van der Waals surface area (Å²) >= 11 is 0. The summed E-state index contributed by atoms with van der Waals surface area (Å²) in [4.78, 5) is 10.7. The SMILES string of the molecule is CC(=O)/C=C/c1cccc(OCCN)c1. The summed E-state index contributed by atoms with van der Waals surface area (Å²) in [6, 6.07) is 7.52. The van der Waals surface area contributed by atoms with Gasteiger partial charge in [-0.25, -0.2) is 0 Å². The zero-order valence-electron chi connectivity index (χ0n) is 8.77. The highest BCUT2D eigenvalue weighted by atomic mass is 16.5. The topological polar surface area (TPSA) is 52.3 Å². The average molecular weight is 205 g/mol. The summed E-state index contributed by atoms with van der Waals surface area (Å²) in [5.74, 6) is 0.800. The van der Waals surface area contributed by atoms with Crippen LogP contribution in [0.25, 0.3) is 6.08 Å². The Kier molecular flexibility index (Phi) is 4.57. The smallest absolute Gasteiger partial charge is 0.152 e. The van der Waals surface area contributed by atoms with Crippen LogP contribution in [0.2, 0.25) is 0 Å². The maximum atomic E-state index is 10.7. The van der Waals surface area contributed by atoms with E-state index in [1.807, 2.05) is 24.3 Å². The normalized spacial score (nSPS) is 10.5. The third-order valence-electron chi connectivity index (χ3n) is 1.76. The van der Waals surface area contributed by atoms with E-state index >= 15 is 0 Å². The van der Waals surface area contributed by atoms with Crippen LogP contribution < -0.4 is 10.5 Å². The summed E-state index contributed by atoms with van der Waals surface area (Å²) in [6.45, 7) is 2.51. The predicted molar refractivity (Wildman–Crippen MR) is 60.7 cm³/mol. The molecule has 3 heteroatoms. The Morgan fingerprint density at radius 1 is 1.53 bits per heavy atom. The van der Waals surface area contributed by atoms with Crippen molar-refractivity contribution in [1.82, 2.24) is 0 Å². The van der Waals surface area contributed by atoms with Crippen LogP contribution in [0.1, 0.15) is 12.5 Å². The van der Waals surface area contributed by atoms with E-state index in [-0.39, 0.29) is 5.78 Å². The van der Waals surface area contributed by atoms with Gasteiger partial charge in [0.2, 0.25) is 0 Å². The zero-order valence-corrected chi connectivity index (χ0v) is 8.77. The molecule has 0 aliphatic rings. The van der Waals surface area contributed by atoms with Crippen molar-refractivity contribution in [2.75, 3.05) is 13.2 Å². The van der Waals surface area contributed by atoms with Crippen LogP contribution in [0.3, 0.4) is 0 Å². The summed E-state index contributed by atoms with van der Waals surface area (Å²) in [5.41, 5.74) is 6.27. The van der Waals surface area contributed by atoms with Gasteiger partial charge in [-0.2, -0.15) is 0 Å². The minimum atomic E-state index is 0.0308. The maximum Gasteiger partial charge on any atom is 0.152 e. The molecular formula is C12H15NO2. The first-order chi connectivity index (χ1) is 7.22. The fourth-order valence-corrected chi connectivity index (χ4v) is 1.10. The number of carbonyl (C=O) groups excluding carboxylic acids is 1. The molecule has 0 fully saturated rings. The van der Waals surface area contributed by atoms with E-state index in [1.165, 1.54) is 13.0 Å². The van der Waals surface area contributed by atoms with Crippen LogP contribution in [-0.4, -0.2) is 18.9 Å². The van der Waals surface area contributed by atoms with Crippen LogP contribution in [0, 0.1) is 0 Å². The number of ether oxygens (including phenoxy) is 1. The molecule has 1 aromatic rings. The number of allylic oxidation sites excluding steroid dienone is 1. The minimum Gasteiger partial charge on any atom is -0.492 e. The molecule has 0 saturated carbocycles. The molecule has 0 atom stereocenters. The highest BCUT2D eigenvalue weighted by Crippen LogP contribution is 2.14. The molecule has 0 saturated heterocycles. The Hall–Kier alpha value is -1.61. The van der Waals surface area contributed by atoms with Gasteiger partial charge in [-0.3, -0.25) is 4.79 Å². The van der Waals surface area contributed by atoms with Gasteiger partial charge in [0, 0.05) is 6.54 Å². The Balaban J connectivity index is 2.69. The molecule has 0 spiro atoms. The van der Waals surface area contributed by atoms with Crippen LogP contribution in [-0.2, 0) is 4.79 Å². The Morgan fingerprint density at radius 2 is 2.33 bits per heavy atom. The molecule has 1 rings (SSSR count). The third-order valence-corrected chi connectivity index (χ3v) is 1.76. The molecule has 1 aromatic carbocycles. The lowest BCUT2D eigenvalue weighted by Crippen LogP contribution is -2.10. The molecule has 80 valence electrons. The van der Waals surface area contributed by atoms with Crippen molar-refractivity contribution in [2.24, 2.45) is 5.73 Å². The molecule has 0 heterocycles. The molecule has 0 aliphatic heterocycles. The molecule has 0 bridgehead atoms. The van der Waals surface area contributed by atoms with Gasteiger partial charge in [0.05, 0.1) is 0 Å². The zero-order chi connectivity index (χ0) is 11.1. The second kappa shape index (κ2) is 5.98. The number of benzene rings is 1. The lowest BCUT2D eigenvalue weighted by molar-refractivity contribution is -0.112. The van der Waals surface area contributed by atoms with Crippen molar-refractivity contribution in [3.63, 3.8) is 0 Å². The first-order valence-corrected chi connectivity index (χ1v) is 4.84. The lowest BCUT2D eigenvalue weighted by atomic mass is 10.2. The molecular weight excluding hydrogens is 190 g/mol. The average Bonchev–Trinajstić information content (AvgIpc) is 2.24. The van der Waals surface area contributed by atoms with Crippen LogP contribution >= 0.6 is 0 Å². The molecule has 3 nitrogen and oxygen atoms in total. The van der Waals surface area contributed by atoms with Gasteiger partial charge in [0.25, 0.3) is 0 Å². The predicted octanol–water partition coefficient (Wildman–Crippen LogP) is 1.63. The molecule has 0 unspecified atom stereocenters. The van der Waals surface area contributed by atoms with Crippen LogP contribution in [0.15, 0.2) is 30.3 Å². The van der Waals surface area contributed by atoms with Gasteiger partial charge in [-0.15, -0.1) is 0 Å². The second-order valence-electron chi connectivity index (χ2n) is 3.15. The van der Waals surface area contributed by atoms with Crippen LogP contribution in [0.5, 0.6) is 5.75 Å². The fourth-order valence-electron chi connectivity index (χ4n) is 1.10. The largest absolute Gasteiger partial charge is 0.492 e. The summed E-state index contributed by atoms with van der Waals surface area (Å²) < 4.78 is 5.36. The molecule has 0 aliphatic carbocycles. The Labute approximate surface area is 89.5 Å². The van der Waals surface area contributed by atoms with Gasteiger partial charge in [-0.1, -0.05) is 18.2 Å². The first kappa shape index (κ1) is 11.5. The van der Waals surface area contributed by atoms with Crippen LogP contribution in [0.4, 0.5) is 0 Å². The second-order valence-corrected chi connectivity index (χ2v) is 3.15. The molecule has 15 heavy (non-hydrogen) atoms. The number of hydrogen-bond acceptors (Lipinski definition) is 3. The van der Waals surface area contributed by atoms with Crippen molar-refractivity contribution in [3.05, 3.63) is 35.9 Å². The van der Waals surface area contributed by atoms with E-state index < -0.39 is 0 Å². The highest BCUT2D eigenvalue weighted by Gasteiger charge is 1.93. The number of hydrogen-bond donors (Lipinski definition) is 1. The van der Waals surface area contributed by atoms with Gasteiger partial charge in [-0.05, 0) is 30.7 Å².